The molecule has 0 saturated heterocycles. The fourth-order valence-electron chi connectivity index (χ4n) is 1.34. The number of nitrogens with one attached hydrogen (secondary N) is 2. The standard InChI is InChI=1S/C11H19ClN4O/c1-7(2)15-11(17)8(3)13-6-10-14-5-9(12)16(10)4/h5,7-8,13H,6H2,1-4H3,(H,15,17). The molecule has 2 N–H and O–H groups in total. The molecule has 1 aromatic rings. The van der Waals surface area contributed by atoms with Crippen LogP contribution in [0.1, 0.15) is 26.6 Å². The van der Waals surface area contributed by atoms with Crippen molar-refractivity contribution < 1.29 is 4.79 Å². The fourth-order valence-corrected chi connectivity index (χ4v) is 1.48. The van der Waals surface area contributed by atoms with Crippen molar-refractivity contribution >= 4 is 17.5 Å². The van der Waals surface area contributed by atoms with Gasteiger partial charge in [0, 0.05) is 13.1 Å². The van der Waals surface area contributed by atoms with Crippen LogP contribution >= 0.6 is 11.6 Å². The van der Waals surface area contributed by atoms with Gasteiger partial charge in [0.15, 0.2) is 0 Å². The Labute approximate surface area is 107 Å². The Hall–Kier alpha value is -1.07. The van der Waals surface area contributed by atoms with Crippen molar-refractivity contribution in [2.24, 2.45) is 7.05 Å². The molecule has 96 valence electrons. The second-order valence-electron chi connectivity index (χ2n) is 4.32. The predicted molar refractivity (Wildman–Crippen MR) is 67.8 cm³/mol. The molecule has 1 unspecified atom stereocenters. The Kier molecular flexibility index (Phi) is 4.96. The van der Waals surface area contributed by atoms with Crippen LogP contribution in [0.4, 0.5) is 0 Å². The van der Waals surface area contributed by atoms with E-state index < -0.39 is 0 Å². The molecule has 0 bridgehead atoms. The molecule has 0 radical (unpaired) electrons. The van der Waals surface area contributed by atoms with Crippen LogP contribution in [-0.2, 0) is 18.4 Å². The molecule has 0 aliphatic rings. The van der Waals surface area contributed by atoms with E-state index in [0.29, 0.717) is 11.7 Å². The summed E-state index contributed by atoms with van der Waals surface area (Å²) in [6.07, 6.45) is 1.59. The van der Waals surface area contributed by atoms with Crippen LogP contribution in [0.3, 0.4) is 0 Å². The van der Waals surface area contributed by atoms with Crippen LogP contribution in [0.5, 0.6) is 0 Å². The molecule has 5 nitrogen and oxygen atoms in total. The Morgan fingerprint density at radius 2 is 2.18 bits per heavy atom. The third kappa shape index (κ3) is 4.02. The SMILES string of the molecule is CC(C)NC(=O)C(C)NCc1ncc(Cl)n1C. The first-order valence-corrected chi connectivity index (χ1v) is 5.99. The summed E-state index contributed by atoms with van der Waals surface area (Å²) in [5.74, 6) is 0.791. The summed E-state index contributed by atoms with van der Waals surface area (Å²) in [5.41, 5.74) is 0. The average Bonchev–Trinajstić information content (AvgIpc) is 2.55. The topological polar surface area (TPSA) is 59.0 Å². The zero-order chi connectivity index (χ0) is 13.0. The molecular formula is C11H19ClN4O. The molecular weight excluding hydrogens is 240 g/mol. The van der Waals surface area contributed by atoms with Gasteiger partial charge in [0.2, 0.25) is 5.91 Å². The minimum absolute atomic E-state index is 0.0136. The second-order valence-corrected chi connectivity index (χ2v) is 4.71. The molecule has 0 spiro atoms. The third-order valence-electron chi connectivity index (χ3n) is 2.42. The van der Waals surface area contributed by atoms with Gasteiger partial charge < -0.3 is 9.88 Å². The van der Waals surface area contributed by atoms with Gasteiger partial charge >= 0.3 is 0 Å². The number of carbonyl (C=O) groups excluding carboxylic acids is 1. The summed E-state index contributed by atoms with van der Waals surface area (Å²) in [4.78, 5) is 15.8. The van der Waals surface area contributed by atoms with E-state index in [1.54, 1.807) is 10.8 Å². The molecule has 0 aliphatic heterocycles. The molecule has 0 fully saturated rings. The number of imidazole rings is 1. The van der Waals surface area contributed by atoms with E-state index in [9.17, 15) is 4.79 Å². The fraction of sp³-hybridized carbons (Fsp3) is 0.636. The van der Waals surface area contributed by atoms with Crippen LogP contribution in [0.25, 0.3) is 0 Å². The van der Waals surface area contributed by atoms with Crippen molar-refractivity contribution in [1.29, 1.82) is 0 Å². The lowest BCUT2D eigenvalue weighted by Gasteiger charge is -2.15. The smallest absolute Gasteiger partial charge is 0.237 e. The van der Waals surface area contributed by atoms with Gasteiger partial charge in [0.25, 0.3) is 0 Å². The molecule has 1 amide bonds. The predicted octanol–water partition coefficient (Wildman–Crippen LogP) is 1.08. The number of hydrogen-bond acceptors (Lipinski definition) is 3. The van der Waals surface area contributed by atoms with Gasteiger partial charge in [-0.15, -0.1) is 0 Å². The number of nitrogens with zero attached hydrogens (tertiary/aromatic N) is 2. The monoisotopic (exact) mass is 258 g/mol. The van der Waals surface area contributed by atoms with Crippen molar-refractivity contribution in [2.45, 2.75) is 39.4 Å². The van der Waals surface area contributed by atoms with Crippen molar-refractivity contribution in [2.75, 3.05) is 0 Å². The Balaban J connectivity index is 2.45. The minimum atomic E-state index is -0.257. The van der Waals surface area contributed by atoms with Crippen molar-refractivity contribution in [3.63, 3.8) is 0 Å². The lowest BCUT2D eigenvalue weighted by atomic mass is 10.3. The highest BCUT2D eigenvalue weighted by molar-refractivity contribution is 6.29. The third-order valence-corrected chi connectivity index (χ3v) is 2.77. The largest absolute Gasteiger partial charge is 0.353 e. The lowest BCUT2D eigenvalue weighted by molar-refractivity contribution is -0.123. The van der Waals surface area contributed by atoms with Gasteiger partial charge in [-0.25, -0.2) is 4.98 Å². The Morgan fingerprint density at radius 1 is 1.53 bits per heavy atom. The molecule has 1 atom stereocenters. The van der Waals surface area contributed by atoms with Crippen LogP contribution in [-0.4, -0.2) is 27.5 Å². The van der Waals surface area contributed by atoms with Gasteiger partial charge in [0.1, 0.15) is 11.0 Å². The lowest BCUT2D eigenvalue weighted by Crippen LogP contribution is -2.44. The molecule has 6 heteroatoms. The van der Waals surface area contributed by atoms with Gasteiger partial charge in [0.05, 0.1) is 18.8 Å². The van der Waals surface area contributed by atoms with Gasteiger partial charge in [-0.2, -0.15) is 0 Å². The summed E-state index contributed by atoms with van der Waals surface area (Å²) in [7, 11) is 1.84. The maximum atomic E-state index is 11.6. The molecule has 0 saturated carbocycles. The van der Waals surface area contributed by atoms with E-state index in [-0.39, 0.29) is 18.0 Å². The quantitative estimate of drug-likeness (QED) is 0.831. The van der Waals surface area contributed by atoms with E-state index in [2.05, 4.69) is 15.6 Å². The normalized spacial score (nSPS) is 12.8. The number of rotatable bonds is 5. The Morgan fingerprint density at radius 3 is 2.65 bits per heavy atom. The molecule has 1 aromatic heterocycles. The molecule has 0 aliphatic carbocycles. The summed E-state index contributed by atoms with van der Waals surface area (Å²) in [6.45, 7) is 6.20. The van der Waals surface area contributed by atoms with E-state index in [1.165, 1.54) is 0 Å². The number of hydrogen-bond donors (Lipinski definition) is 2. The van der Waals surface area contributed by atoms with Crippen molar-refractivity contribution in [3.8, 4) is 0 Å². The highest BCUT2D eigenvalue weighted by atomic mass is 35.5. The number of aromatic nitrogens is 2. The molecule has 1 heterocycles. The minimum Gasteiger partial charge on any atom is -0.353 e. The van der Waals surface area contributed by atoms with Crippen LogP contribution in [0.15, 0.2) is 6.20 Å². The van der Waals surface area contributed by atoms with Crippen LogP contribution < -0.4 is 10.6 Å². The summed E-state index contributed by atoms with van der Waals surface area (Å²) < 4.78 is 1.78. The number of amides is 1. The second kappa shape index (κ2) is 6.02. The van der Waals surface area contributed by atoms with E-state index in [1.807, 2.05) is 27.8 Å². The van der Waals surface area contributed by atoms with E-state index in [0.717, 1.165) is 5.82 Å². The van der Waals surface area contributed by atoms with Crippen molar-refractivity contribution in [3.05, 3.63) is 17.2 Å². The zero-order valence-electron chi connectivity index (χ0n) is 10.6. The summed E-state index contributed by atoms with van der Waals surface area (Å²) >= 11 is 5.87. The molecule has 0 aromatic carbocycles. The average molecular weight is 259 g/mol. The van der Waals surface area contributed by atoms with Gasteiger partial charge in [-0.3, -0.25) is 10.1 Å². The van der Waals surface area contributed by atoms with E-state index in [4.69, 9.17) is 11.6 Å². The highest BCUT2D eigenvalue weighted by Gasteiger charge is 2.14. The first kappa shape index (κ1) is 14.0. The Bertz CT molecular complexity index is 389. The first-order valence-electron chi connectivity index (χ1n) is 5.61. The first-order chi connectivity index (χ1) is 7.91. The molecule has 1 rings (SSSR count). The molecule has 17 heavy (non-hydrogen) atoms. The van der Waals surface area contributed by atoms with Gasteiger partial charge in [-0.05, 0) is 20.8 Å². The van der Waals surface area contributed by atoms with Gasteiger partial charge in [-0.1, -0.05) is 11.6 Å². The zero-order valence-corrected chi connectivity index (χ0v) is 11.4. The van der Waals surface area contributed by atoms with E-state index >= 15 is 0 Å². The van der Waals surface area contributed by atoms with Crippen molar-refractivity contribution in [1.82, 2.24) is 20.2 Å². The maximum Gasteiger partial charge on any atom is 0.237 e. The highest BCUT2D eigenvalue weighted by Crippen LogP contribution is 2.08. The number of carbonyl (C=O) groups is 1. The summed E-state index contributed by atoms with van der Waals surface area (Å²) in [5, 5.41) is 6.53. The summed E-state index contributed by atoms with van der Waals surface area (Å²) in [6, 6.07) is -0.109. The number of halogens is 1. The van der Waals surface area contributed by atoms with Crippen LogP contribution in [0.2, 0.25) is 5.15 Å². The van der Waals surface area contributed by atoms with Crippen LogP contribution in [0, 0.1) is 0 Å². The maximum absolute atomic E-state index is 11.6.